The van der Waals surface area contributed by atoms with Gasteiger partial charge in [-0.25, -0.2) is 0 Å². The third kappa shape index (κ3) is 3.63. The minimum absolute atomic E-state index is 0.214. The Kier molecular flexibility index (Phi) is 4.16. The SMILES string of the molecule is CC(CO)CNCC1(O)CCCC1. The Morgan fingerprint density at radius 2 is 2.00 bits per heavy atom. The van der Waals surface area contributed by atoms with E-state index in [0.29, 0.717) is 6.54 Å². The van der Waals surface area contributed by atoms with Crippen molar-refractivity contribution in [2.24, 2.45) is 5.92 Å². The summed E-state index contributed by atoms with van der Waals surface area (Å²) in [5.74, 6) is 0.282. The predicted octanol–water partition coefficient (Wildman–Crippen LogP) is 0.509. The Balaban J connectivity index is 2.11. The van der Waals surface area contributed by atoms with Gasteiger partial charge in [0.1, 0.15) is 0 Å². The highest BCUT2D eigenvalue weighted by Gasteiger charge is 2.30. The van der Waals surface area contributed by atoms with Crippen molar-refractivity contribution >= 4 is 0 Å². The fourth-order valence-corrected chi connectivity index (χ4v) is 1.83. The monoisotopic (exact) mass is 187 g/mol. The van der Waals surface area contributed by atoms with Crippen LogP contribution in [-0.2, 0) is 0 Å². The molecular formula is C10H21NO2. The molecule has 3 nitrogen and oxygen atoms in total. The van der Waals surface area contributed by atoms with Gasteiger partial charge in [-0.15, -0.1) is 0 Å². The fraction of sp³-hybridized carbons (Fsp3) is 1.00. The second-order valence-corrected chi connectivity index (χ2v) is 4.35. The number of hydrogen-bond donors (Lipinski definition) is 3. The molecule has 3 heteroatoms. The zero-order chi connectivity index (χ0) is 9.73. The maximum absolute atomic E-state index is 9.95. The fourth-order valence-electron chi connectivity index (χ4n) is 1.83. The number of hydrogen-bond acceptors (Lipinski definition) is 3. The van der Waals surface area contributed by atoms with E-state index in [1.807, 2.05) is 6.92 Å². The molecule has 0 heterocycles. The van der Waals surface area contributed by atoms with Crippen molar-refractivity contribution in [3.8, 4) is 0 Å². The molecule has 13 heavy (non-hydrogen) atoms. The van der Waals surface area contributed by atoms with E-state index in [1.165, 1.54) is 0 Å². The average Bonchev–Trinajstić information content (AvgIpc) is 2.52. The average molecular weight is 187 g/mol. The van der Waals surface area contributed by atoms with E-state index in [9.17, 15) is 5.11 Å². The van der Waals surface area contributed by atoms with Crippen LogP contribution in [0.4, 0.5) is 0 Å². The first-order valence-electron chi connectivity index (χ1n) is 5.20. The normalized spacial score (nSPS) is 23.3. The van der Waals surface area contributed by atoms with Gasteiger partial charge in [0.15, 0.2) is 0 Å². The Labute approximate surface area is 80.2 Å². The summed E-state index contributed by atoms with van der Waals surface area (Å²) in [6, 6.07) is 0. The van der Waals surface area contributed by atoms with Crippen molar-refractivity contribution in [1.29, 1.82) is 0 Å². The third-order valence-electron chi connectivity index (χ3n) is 2.79. The number of aliphatic hydroxyl groups excluding tert-OH is 1. The Bertz CT molecular complexity index is 144. The van der Waals surface area contributed by atoms with Gasteiger partial charge in [0.25, 0.3) is 0 Å². The van der Waals surface area contributed by atoms with Crippen LogP contribution >= 0.6 is 0 Å². The van der Waals surface area contributed by atoms with E-state index in [0.717, 1.165) is 32.2 Å². The van der Waals surface area contributed by atoms with Gasteiger partial charge >= 0.3 is 0 Å². The van der Waals surface area contributed by atoms with Crippen molar-refractivity contribution in [3.05, 3.63) is 0 Å². The van der Waals surface area contributed by atoms with Gasteiger partial charge in [0.05, 0.1) is 5.60 Å². The Morgan fingerprint density at radius 3 is 2.54 bits per heavy atom. The molecular weight excluding hydrogens is 166 g/mol. The second kappa shape index (κ2) is 4.94. The molecule has 0 bridgehead atoms. The van der Waals surface area contributed by atoms with E-state index in [-0.39, 0.29) is 12.5 Å². The van der Waals surface area contributed by atoms with Crippen LogP contribution in [0.2, 0.25) is 0 Å². The minimum Gasteiger partial charge on any atom is -0.396 e. The van der Waals surface area contributed by atoms with Crippen molar-refractivity contribution in [2.45, 2.75) is 38.2 Å². The lowest BCUT2D eigenvalue weighted by Crippen LogP contribution is -2.39. The molecule has 0 aromatic rings. The van der Waals surface area contributed by atoms with Gasteiger partial charge in [-0.05, 0) is 25.3 Å². The standard InChI is InChI=1S/C10H21NO2/c1-9(7-12)6-11-8-10(13)4-2-3-5-10/h9,11-13H,2-8H2,1H3. The molecule has 1 atom stereocenters. The van der Waals surface area contributed by atoms with Crippen molar-refractivity contribution in [3.63, 3.8) is 0 Å². The minimum atomic E-state index is -0.463. The Hall–Kier alpha value is -0.120. The van der Waals surface area contributed by atoms with Crippen LogP contribution in [0.5, 0.6) is 0 Å². The van der Waals surface area contributed by atoms with Crippen LogP contribution in [0.3, 0.4) is 0 Å². The topological polar surface area (TPSA) is 52.5 Å². The smallest absolute Gasteiger partial charge is 0.0771 e. The summed E-state index contributed by atoms with van der Waals surface area (Å²) >= 11 is 0. The quantitative estimate of drug-likeness (QED) is 0.588. The summed E-state index contributed by atoms with van der Waals surface area (Å²) in [6.07, 6.45) is 4.14. The van der Waals surface area contributed by atoms with Gasteiger partial charge in [-0.1, -0.05) is 19.8 Å². The van der Waals surface area contributed by atoms with Crippen LogP contribution < -0.4 is 5.32 Å². The molecule has 0 aromatic carbocycles. The lowest BCUT2D eigenvalue weighted by molar-refractivity contribution is 0.0463. The van der Waals surface area contributed by atoms with Gasteiger partial charge < -0.3 is 15.5 Å². The highest BCUT2D eigenvalue weighted by atomic mass is 16.3. The summed E-state index contributed by atoms with van der Waals surface area (Å²) in [5, 5.41) is 21.9. The number of rotatable bonds is 5. The zero-order valence-corrected chi connectivity index (χ0v) is 8.42. The molecule has 78 valence electrons. The maximum atomic E-state index is 9.95. The lowest BCUT2D eigenvalue weighted by Gasteiger charge is -2.23. The van der Waals surface area contributed by atoms with Gasteiger partial charge in [-0.2, -0.15) is 0 Å². The summed E-state index contributed by atoms with van der Waals surface area (Å²) in [6.45, 7) is 3.67. The first-order valence-corrected chi connectivity index (χ1v) is 5.20. The molecule has 1 rings (SSSR count). The molecule has 3 N–H and O–H groups in total. The van der Waals surface area contributed by atoms with Gasteiger partial charge in [-0.3, -0.25) is 0 Å². The first-order chi connectivity index (χ1) is 6.16. The summed E-state index contributed by atoms with van der Waals surface area (Å²) in [7, 11) is 0. The van der Waals surface area contributed by atoms with Crippen molar-refractivity contribution in [1.82, 2.24) is 5.32 Å². The molecule has 1 saturated carbocycles. The van der Waals surface area contributed by atoms with E-state index in [2.05, 4.69) is 5.32 Å². The van der Waals surface area contributed by atoms with Crippen LogP contribution in [0.25, 0.3) is 0 Å². The van der Waals surface area contributed by atoms with Crippen LogP contribution in [0, 0.1) is 5.92 Å². The van der Waals surface area contributed by atoms with Gasteiger partial charge in [0, 0.05) is 13.2 Å². The number of aliphatic hydroxyl groups is 2. The van der Waals surface area contributed by atoms with Crippen LogP contribution in [0.1, 0.15) is 32.6 Å². The highest BCUT2D eigenvalue weighted by molar-refractivity contribution is 4.86. The molecule has 1 aliphatic carbocycles. The van der Waals surface area contributed by atoms with E-state index in [1.54, 1.807) is 0 Å². The summed E-state index contributed by atoms with van der Waals surface area (Å²) in [5.41, 5.74) is -0.463. The second-order valence-electron chi connectivity index (χ2n) is 4.35. The van der Waals surface area contributed by atoms with Crippen molar-refractivity contribution in [2.75, 3.05) is 19.7 Å². The molecule has 0 spiro atoms. The van der Waals surface area contributed by atoms with E-state index in [4.69, 9.17) is 5.11 Å². The predicted molar refractivity (Wildman–Crippen MR) is 52.5 cm³/mol. The third-order valence-corrected chi connectivity index (χ3v) is 2.79. The Morgan fingerprint density at radius 1 is 1.38 bits per heavy atom. The summed E-state index contributed by atoms with van der Waals surface area (Å²) < 4.78 is 0. The largest absolute Gasteiger partial charge is 0.396 e. The summed E-state index contributed by atoms with van der Waals surface area (Å²) in [4.78, 5) is 0. The maximum Gasteiger partial charge on any atom is 0.0771 e. The molecule has 0 radical (unpaired) electrons. The van der Waals surface area contributed by atoms with E-state index < -0.39 is 5.60 Å². The molecule has 0 saturated heterocycles. The van der Waals surface area contributed by atoms with E-state index >= 15 is 0 Å². The molecule has 0 amide bonds. The lowest BCUT2D eigenvalue weighted by atomic mass is 10.0. The first kappa shape index (κ1) is 11.0. The number of nitrogens with one attached hydrogen (secondary N) is 1. The van der Waals surface area contributed by atoms with Gasteiger partial charge in [0.2, 0.25) is 0 Å². The molecule has 1 aliphatic rings. The highest BCUT2D eigenvalue weighted by Crippen LogP contribution is 2.28. The molecule has 1 fully saturated rings. The molecule has 0 aromatic heterocycles. The van der Waals surface area contributed by atoms with Crippen LogP contribution in [-0.4, -0.2) is 35.5 Å². The van der Waals surface area contributed by atoms with Crippen molar-refractivity contribution < 1.29 is 10.2 Å². The molecule has 0 aliphatic heterocycles. The van der Waals surface area contributed by atoms with Crippen LogP contribution in [0.15, 0.2) is 0 Å². The molecule has 1 unspecified atom stereocenters. The zero-order valence-electron chi connectivity index (χ0n) is 8.42.